The molecule has 0 spiro atoms. The van der Waals surface area contributed by atoms with Gasteiger partial charge in [0.05, 0.1) is 5.56 Å². The van der Waals surface area contributed by atoms with Gasteiger partial charge in [-0.3, -0.25) is 0 Å². The summed E-state index contributed by atoms with van der Waals surface area (Å²) in [5.41, 5.74) is 9.11. The van der Waals surface area contributed by atoms with E-state index in [4.69, 9.17) is 4.74 Å². The van der Waals surface area contributed by atoms with Gasteiger partial charge in [0.15, 0.2) is 0 Å². The number of nitrogens with zero attached hydrogens (tertiary/aromatic N) is 1. The first-order chi connectivity index (χ1) is 14.7. The van der Waals surface area contributed by atoms with Crippen LogP contribution < -0.4 is 0 Å². The number of fused-ring (bicyclic) bond motifs is 2. The van der Waals surface area contributed by atoms with Gasteiger partial charge < -0.3 is 14.7 Å². The normalized spacial score (nSPS) is 25.3. The lowest BCUT2D eigenvalue weighted by Gasteiger charge is -2.46. The van der Waals surface area contributed by atoms with Gasteiger partial charge in [-0.15, -0.1) is 0 Å². The van der Waals surface area contributed by atoms with Crippen molar-refractivity contribution in [1.29, 1.82) is 0 Å². The van der Waals surface area contributed by atoms with Crippen LogP contribution in [-0.2, 0) is 4.74 Å². The van der Waals surface area contributed by atoms with E-state index >= 15 is 0 Å². The fraction of sp³-hybridized carbons (Fsp3) is 0.423. The predicted octanol–water partition coefficient (Wildman–Crippen LogP) is 5.45. The van der Waals surface area contributed by atoms with Crippen LogP contribution in [-0.4, -0.2) is 35.2 Å². The fourth-order valence-corrected chi connectivity index (χ4v) is 6.08. The van der Waals surface area contributed by atoms with Crippen LogP contribution in [0.2, 0.25) is 0 Å². The van der Waals surface area contributed by atoms with E-state index in [0.717, 1.165) is 68.5 Å². The highest BCUT2D eigenvalue weighted by atomic mass is 16.5. The molecule has 1 N–H and O–H groups in total. The van der Waals surface area contributed by atoms with Crippen LogP contribution >= 0.6 is 0 Å². The molecule has 4 heteroatoms. The van der Waals surface area contributed by atoms with E-state index in [0.29, 0.717) is 5.56 Å². The third-order valence-corrected chi connectivity index (χ3v) is 7.30. The molecule has 0 saturated carbocycles. The topological polar surface area (TPSA) is 49.8 Å². The number of carboxylic acid groups (broad SMARTS) is 1. The molecular formula is C26H27NO3. The number of allylic oxidation sites excluding steroid dienone is 4. The van der Waals surface area contributed by atoms with Crippen molar-refractivity contribution in [3.05, 3.63) is 75.2 Å². The number of rotatable bonds is 2. The SMILES string of the molecule is O=C(O)c1ccccc1C1=C2C=C3CCCN4CCCC(=C34)C2OC2=C1CCCC2. The average molecular weight is 402 g/mol. The molecule has 0 amide bonds. The van der Waals surface area contributed by atoms with E-state index in [1.165, 1.54) is 40.8 Å². The number of carbonyl (C=O) groups is 1. The first-order valence-corrected chi connectivity index (χ1v) is 11.4. The summed E-state index contributed by atoms with van der Waals surface area (Å²) in [5, 5.41) is 9.92. The van der Waals surface area contributed by atoms with Crippen molar-refractivity contribution in [1.82, 2.24) is 4.90 Å². The van der Waals surface area contributed by atoms with Gasteiger partial charge in [-0.1, -0.05) is 18.2 Å². The van der Waals surface area contributed by atoms with Gasteiger partial charge >= 0.3 is 5.97 Å². The highest BCUT2D eigenvalue weighted by Gasteiger charge is 2.41. The second kappa shape index (κ2) is 6.90. The molecule has 2 aliphatic carbocycles. The summed E-state index contributed by atoms with van der Waals surface area (Å²) in [5.74, 6) is 0.243. The van der Waals surface area contributed by atoms with Crippen molar-refractivity contribution in [3.63, 3.8) is 0 Å². The Hall–Kier alpha value is -2.75. The van der Waals surface area contributed by atoms with Gasteiger partial charge in [-0.25, -0.2) is 4.79 Å². The molecule has 5 aliphatic rings. The van der Waals surface area contributed by atoms with E-state index < -0.39 is 5.97 Å². The number of aromatic carboxylic acids is 1. The van der Waals surface area contributed by atoms with E-state index in [2.05, 4.69) is 11.0 Å². The Balaban J connectivity index is 1.62. The summed E-state index contributed by atoms with van der Waals surface area (Å²) >= 11 is 0. The average Bonchev–Trinajstić information content (AvgIpc) is 2.78. The highest BCUT2D eigenvalue weighted by Crippen LogP contribution is 2.51. The van der Waals surface area contributed by atoms with Crippen molar-refractivity contribution in [2.45, 2.75) is 57.5 Å². The van der Waals surface area contributed by atoms with Crippen LogP contribution in [0.15, 0.2) is 64.1 Å². The lowest BCUT2D eigenvalue weighted by Crippen LogP contribution is -2.40. The zero-order valence-electron chi connectivity index (χ0n) is 17.2. The Morgan fingerprint density at radius 2 is 1.80 bits per heavy atom. The number of hydrogen-bond acceptors (Lipinski definition) is 3. The molecule has 1 atom stereocenters. The molecule has 4 nitrogen and oxygen atoms in total. The van der Waals surface area contributed by atoms with Gasteiger partial charge in [0.1, 0.15) is 11.9 Å². The summed E-state index contributed by atoms with van der Waals surface area (Å²) in [6.07, 6.45) is 11.1. The molecule has 3 aliphatic heterocycles. The van der Waals surface area contributed by atoms with Crippen molar-refractivity contribution >= 4 is 11.5 Å². The number of ether oxygens (including phenoxy) is 1. The molecule has 154 valence electrons. The summed E-state index contributed by atoms with van der Waals surface area (Å²) in [6.45, 7) is 2.29. The molecule has 0 radical (unpaired) electrons. The summed E-state index contributed by atoms with van der Waals surface area (Å²) < 4.78 is 6.73. The smallest absolute Gasteiger partial charge is 0.336 e. The molecule has 1 aromatic carbocycles. The molecule has 1 aromatic rings. The van der Waals surface area contributed by atoms with Crippen LogP contribution in [0.4, 0.5) is 0 Å². The number of carboxylic acids is 1. The lowest BCUT2D eigenvalue weighted by atomic mass is 9.74. The Morgan fingerprint density at radius 1 is 1.00 bits per heavy atom. The maximum atomic E-state index is 12.1. The molecule has 1 fully saturated rings. The van der Waals surface area contributed by atoms with E-state index in [9.17, 15) is 9.90 Å². The summed E-state index contributed by atoms with van der Waals surface area (Å²) in [7, 11) is 0. The summed E-state index contributed by atoms with van der Waals surface area (Å²) in [4.78, 5) is 14.6. The van der Waals surface area contributed by atoms with Gasteiger partial charge in [0.2, 0.25) is 0 Å². The monoisotopic (exact) mass is 401 g/mol. The third kappa shape index (κ3) is 2.62. The van der Waals surface area contributed by atoms with Crippen molar-refractivity contribution < 1.29 is 14.6 Å². The van der Waals surface area contributed by atoms with E-state index in [-0.39, 0.29) is 6.10 Å². The standard InChI is InChI=1S/C26H27NO3/c28-26(29)18-9-2-1-8-17(18)23-19-10-3-4-12-22(19)30-25-20-11-6-14-27-13-5-7-16(24(20)27)15-21(23)25/h1-2,8-9,15,25H,3-7,10-14H2,(H,28,29). The molecule has 6 rings (SSSR count). The van der Waals surface area contributed by atoms with E-state index in [1.54, 1.807) is 6.07 Å². The zero-order chi connectivity index (χ0) is 20.2. The Kier molecular flexibility index (Phi) is 4.15. The summed E-state index contributed by atoms with van der Waals surface area (Å²) in [6, 6.07) is 7.52. The molecule has 1 saturated heterocycles. The Labute approximate surface area is 177 Å². The Bertz CT molecular complexity index is 1070. The van der Waals surface area contributed by atoms with Crippen molar-refractivity contribution in [2.75, 3.05) is 13.1 Å². The predicted molar refractivity (Wildman–Crippen MR) is 116 cm³/mol. The van der Waals surface area contributed by atoms with Crippen LogP contribution in [0.5, 0.6) is 0 Å². The lowest BCUT2D eigenvalue weighted by molar-refractivity contribution is 0.0696. The van der Waals surface area contributed by atoms with Gasteiger partial charge in [-0.05, 0) is 84.9 Å². The van der Waals surface area contributed by atoms with Crippen molar-refractivity contribution in [3.8, 4) is 0 Å². The van der Waals surface area contributed by atoms with Crippen molar-refractivity contribution in [2.24, 2.45) is 0 Å². The molecule has 1 unspecified atom stereocenters. The minimum Gasteiger partial charge on any atom is -0.485 e. The first kappa shape index (κ1) is 18.1. The molecule has 0 aromatic heterocycles. The second-order valence-corrected chi connectivity index (χ2v) is 9.03. The minimum absolute atomic E-state index is 0.0571. The van der Waals surface area contributed by atoms with Gasteiger partial charge in [0.25, 0.3) is 0 Å². The van der Waals surface area contributed by atoms with Gasteiger partial charge in [-0.2, -0.15) is 0 Å². The number of hydrogen-bond donors (Lipinski definition) is 1. The second-order valence-electron chi connectivity index (χ2n) is 9.03. The third-order valence-electron chi connectivity index (χ3n) is 7.30. The molecule has 0 bridgehead atoms. The van der Waals surface area contributed by atoms with Crippen LogP contribution in [0.1, 0.15) is 67.3 Å². The Morgan fingerprint density at radius 3 is 2.67 bits per heavy atom. The fourth-order valence-electron chi connectivity index (χ4n) is 6.08. The largest absolute Gasteiger partial charge is 0.485 e. The molecule has 3 heterocycles. The first-order valence-electron chi connectivity index (χ1n) is 11.4. The van der Waals surface area contributed by atoms with Gasteiger partial charge in [0, 0.05) is 30.8 Å². The molecular weight excluding hydrogens is 374 g/mol. The highest BCUT2D eigenvalue weighted by molar-refractivity contribution is 5.99. The van der Waals surface area contributed by atoms with Crippen LogP contribution in [0.3, 0.4) is 0 Å². The zero-order valence-corrected chi connectivity index (χ0v) is 17.2. The number of piperidine rings is 1. The number of benzene rings is 1. The maximum Gasteiger partial charge on any atom is 0.336 e. The molecule has 30 heavy (non-hydrogen) atoms. The quantitative estimate of drug-likeness (QED) is 0.716. The minimum atomic E-state index is -0.857. The maximum absolute atomic E-state index is 12.1. The van der Waals surface area contributed by atoms with Crippen LogP contribution in [0.25, 0.3) is 5.57 Å². The van der Waals surface area contributed by atoms with E-state index in [1.807, 2.05) is 18.2 Å². The van der Waals surface area contributed by atoms with Crippen LogP contribution in [0, 0.1) is 0 Å².